The fraction of sp³-hybridized carbons (Fsp3) is 1.00. The lowest BCUT2D eigenvalue weighted by Crippen LogP contribution is -2.39. The van der Waals surface area contributed by atoms with Crippen LogP contribution in [0.25, 0.3) is 0 Å². The standard InChI is InChI=1S/C12H22F5NO2S2/c1-2-3-4-5-6-7-8-9-10-18-22(19,20)12(16,17)21-11(13,14)15/h18H,2-10H2,1H3. The van der Waals surface area contributed by atoms with Gasteiger partial charge in [0.2, 0.25) is 0 Å². The zero-order valence-corrected chi connectivity index (χ0v) is 14.0. The van der Waals surface area contributed by atoms with Crippen LogP contribution >= 0.6 is 11.8 Å². The molecule has 10 heteroatoms. The number of hydrogen-bond donors (Lipinski definition) is 1. The van der Waals surface area contributed by atoms with Gasteiger partial charge in [-0.25, -0.2) is 13.1 Å². The Morgan fingerprint density at radius 3 is 1.77 bits per heavy atom. The van der Waals surface area contributed by atoms with Crippen LogP contribution in [0.1, 0.15) is 58.3 Å². The fourth-order valence-electron chi connectivity index (χ4n) is 1.74. The molecule has 0 atom stereocenters. The molecule has 0 radical (unpaired) electrons. The van der Waals surface area contributed by atoms with Crippen molar-refractivity contribution in [1.82, 2.24) is 4.72 Å². The molecular weight excluding hydrogens is 349 g/mol. The van der Waals surface area contributed by atoms with Gasteiger partial charge in [0, 0.05) is 18.3 Å². The summed E-state index contributed by atoms with van der Waals surface area (Å²) in [5, 5.41) is 0. The van der Waals surface area contributed by atoms with Gasteiger partial charge in [0.25, 0.3) is 10.0 Å². The third kappa shape index (κ3) is 9.83. The SMILES string of the molecule is CCCCCCCCCCNS(=O)(=O)C(F)(F)SC(F)(F)F. The second-order valence-corrected chi connectivity index (χ2v) is 8.13. The Kier molecular flexibility index (Phi) is 9.88. The molecule has 0 aromatic heterocycles. The van der Waals surface area contributed by atoms with Crippen LogP contribution < -0.4 is 4.72 Å². The predicted molar refractivity (Wildman–Crippen MR) is 78.1 cm³/mol. The Morgan fingerprint density at radius 1 is 0.864 bits per heavy atom. The summed E-state index contributed by atoms with van der Waals surface area (Å²) in [6.07, 6.45) is 7.28. The average molecular weight is 371 g/mol. The van der Waals surface area contributed by atoms with Gasteiger partial charge in [-0.15, -0.1) is 0 Å². The summed E-state index contributed by atoms with van der Waals surface area (Å²) in [5.74, 6) is 0. The van der Waals surface area contributed by atoms with E-state index in [0.29, 0.717) is 12.8 Å². The van der Waals surface area contributed by atoms with E-state index < -0.39 is 31.9 Å². The fourth-order valence-corrected chi connectivity index (χ4v) is 3.49. The molecule has 0 unspecified atom stereocenters. The molecule has 0 aliphatic carbocycles. The molecular formula is C12H22F5NO2S2. The lowest BCUT2D eigenvalue weighted by molar-refractivity contribution is -0.0374. The van der Waals surface area contributed by atoms with Crippen molar-refractivity contribution >= 4 is 21.8 Å². The van der Waals surface area contributed by atoms with Crippen LogP contribution in [0.15, 0.2) is 0 Å². The topological polar surface area (TPSA) is 46.2 Å². The van der Waals surface area contributed by atoms with E-state index in [4.69, 9.17) is 0 Å². The van der Waals surface area contributed by atoms with Gasteiger partial charge < -0.3 is 0 Å². The van der Waals surface area contributed by atoms with Gasteiger partial charge >= 0.3 is 10.1 Å². The largest absolute Gasteiger partial charge is 0.448 e. The van der Waals surface area contributed by atoms with Crippen LogP contribution in [0.2, 0.25) is 0 Å². The molecule has 0 bridgehead atoms. The van der Waals surface area contributed by atoms with E-state index in [-0.39, 0.29) is 6.54 Å². The molecule has 0 aromatic carbocycles. The summed E-state index contributed by atoms with van der Waals surface area (Å²) in [6.45, 7) is 1.81. The van der Waals surface area contributed by atoms with Crippen LogP contribution in [-0.2, 0) is 10.0 Å². The van der Waals surface area contributed by atoms with Gasteiger partial charge in [-0.1, -0.05) is 51.9 Å². The van der Waals surface area contributed by atoms with Crippen molar-refractivity contribution in [3.8, 4) is 0 Å². The lowest BCUT2D eigenvalue weighted by Gasteiger charge is -2.17. The zero-order chi connectivity index (χ0) is 17.3. The minimum atomic E-state index is -5.34. The van der Waals surface area contributed by atoms with E-state index >= 15 is 0 Å². The number of alkyl halides is 5. The summed E-state index contributed by atoms with van der Waals surface area (Å²) < 4.78 is 80.7. The van der Waals surface area contributed by atoms with Crippen molar-refractivity contribution in [3.63, 3.8) is 0 Å². The first-order valence-corrected chi connectivity index (χ1v) is 9.46. The summed E-state index contributed by atoms with van der Waals surface area (Å²) in [4.78, 5) is 0. The minimum absolute atomic E-state index is 0.286. The lowest BCUT2D eigenvalue weighted by atomic mass is 10.1. The van der Waals surface area contributed by atoms with Gasteiger partial charge in [0.05, 0.1) is 0 Å². The van der Waals surface area contributed by atoms with E-state index in [2.05, 4.69) is 6.92 Å². The summed E-state index contributed by atoms with van der Waals surface area (Å²) in [7, 11) is -5.34. The highest BCUT2D eigenvalue weighted by Crippen LogP contribution is 2.45. The molecule has 0 heterocycles. The van der Waals surface area contributed by atoms with Crippen LogP contribution in [0.4, 0.5) is 22.0 Å². The first-order chi connectivity index (χ1) is 10.0. The van der Waals surface area contributed by atoms with Crippen molar-refractivity contribution in [2.24, 2.45) is 0 Å². The van der Waals surface area contributed by atoms with Crippen molar-refractivity contribution < 1.29 is 30.4 Å². The Labute approximate surface area is 132 Å². The Bertz CT molecular complexity index is 399. The molecule has 0 spiro atoms. The summed E-state index contributed by atoms with van der Waals surface area (Å²) >= 11 is -1.84. The molecule has 22 heavy (non-hydrogen) atoms. The van der Waals surface area contributed by atoms with Crippen molar-refractivity contribution in [1.29, 1.82) is 0 Å². The highest BCUT2D eigenvalue weighted by atomic mass is 32.3. The van der Waals surface area contributed by atoms with Gasteiger partial charge in [0.1, 0.15) is 0 Å². The maximum absolute atomic E-state index is 13.0. The zero-order valence-electron chi connectivity index (χ0n) is 12.4. The number of unbranched alkanes of at least 4 members (excludes halogenated alkanes) is 7. The molecule has 0 amide bonds. The first-order valence-electron chi connectivity index (χ1n) is 7.16. The highest BCUT2D eigenvalue weighted by Gasteiger charge is 2.54. The van der Waals surface area contributed by atoms with Gasteiger partial charge in [-0.3, -0.25) is 0 Å². The number of hydrogen-bond acceptors (Lipinski definition) is 3. The second-order valence-electron chi connectivity index (χ2n) is 4.88. The molecule has 0 saturated carbocycles. The molecule has 0 aliphatic heterocycles. The molecule has 0 rings (SSSR count). The molecule has 0 saturated heterocycles. The minimum Gasteiger partial charge on any atom is -0.209 e. The molecule has 0 fully saturated rings. The smallest absolute Gasteiger partial charge is 0.209 e. The van der Waals surface area contributed by atoms with Gasteiger partial charge in [-0.05, 0) is 6.42 Å². The van der Waals surface area contributed by atoms with Crippen LogP contribution in [0.5, 0.6) is 0 Å². The van der Waals surface area contributed by atoms with E-state index in [1.165, 1.54) is 4.72 Å². The second kappa shape index (κ2) is 9.92. The number of halogens is 5. The summed E-state index contributed by atoms with van der Waals surface area (Å²) in [6, 6.07) is 0. The van der Waals surface area contributed by atoms with Crippen LogP contribution in [0, 0.1) is 0 Å². The van der Waals surface area contributed by atoms with Crippen molar-refractivity contribution in [2.75, 3.05) is 6.54 Å². The first kappa shape index (κ1) is 21.9. The summed E-state index contributed by atoms with van der Waals surface area (Å²) in [5.41, 5.74) is -5.32. The van der Waals surface area contributed by atoms with Crippen LogP contribution in [-0.4, -0.2) is 25.1 Å². The van der Waals surface area contributed by atoms with Crippen molar-refractivity contribution in [3.05, 3.63) is 0 Å². The molecule has 134 valence electrons. The molecule has 1 N–H and O–H groups in total. The molecule has 0 aromatic rings. The third-order valence-electron chi connectivity index (χ3n) is 2.87. The Morgan fingerprint density at radius 2 is 1.32 bits per heavy atom. The highest BCUT2D eigenvalue weighted by molar-refractivity contribution is 8.13. The van der Waals surface area contributed by atoms with E-state index in [0.717, 1.165) is 38.5 Å². The molecule has 0 aliphatic rings. The number of thioether (sulfide) groups is 1. The number of sulfonamides is 1. The van der Waals surface area contributed by atoms with E-state index in [1.807, 2.05) is 0 Å². The number of rotatable bonds is 12. The average Bonchev–Trinajstić information content (AvgIpc) is 2.33. The van der Waals surface area contributed by atoms with Crippen LogP contribution in [0.3, 0.4) is 0 Å². The van der Waals surface area contributed by atoms with E-state index in [9.17, 15) is 30.4 Å². The Balaban J connectivity index is 3.94. The van der Waals surface area contributed by atoms with Crippen molar-refractivity contribution in [2.45, 2.75) is 68.4 Å². The predicted octanol–water partition coefficient (Wildman–Crippen LogP) is 4.85. The maximum atomic E-state index is 13.0. The van der Waals surface area contributed by atoms with Gasteiger partial charge in [0.15, 0.2) is 0 Å². The maximum Gasteiger partial charge on any atom is 0.448 e. The normalized spacial score (nSPS) is 13.5. The van der Waals surface area contributed by atoms with Gasteiger partial charge in [-0.2, -0.15) is 22.0 Å². The number of nitrogens with one attached hydrogen (secondary N) is 1. The quantitative estimate of drug-likeness (QED) is 0.394. The Hall–Kier alpha value is -0.0900. The monoisotopic (exact) mass is 371 g/mol. The molecule has 3 nitrogen and oxygen atoms in total. The third-order valence-corrected chi connectivity index (χ3v) is 5.46. The van der Waals surface area contributed by atoms with E-state index in [1.54, 1.807) is 0 Å².